The van der Waals surface area contributed by atoms with Gasteiger partial charge in [0.2, 0.25) is 5.16 Å². The van der Waals surface area contributed by atoms with Crippen LogP contribution in [-0.4, -0.2) is 113 Å². The number of aliphatic carboxylic acids is 2. The van der Waals surface area contributed by atoms with E-state index in [4.69, 9.17) is 40.9 Å². The number of nitro groups is 4. The summed E-state index contributed by atoms with van der Waals surface area (Å²) in [6, 6.07) is 4.11. The molecule has 0 radical (unpaired) electrons. The number of hydrogen-bond donors (Lipinski definition) is 5. The Morgan fingerprint density at radius 1 is 0.816 bits per heavy atom. The number of aromatic nitrogens is 8. The number of aryl methyl sites for hydroxylation is 2. The molecule has 76 heavy (non-hydrogen) atoms. The van der Waals surface area contributed by atoms with Crippen molar-refractivity contribution in [1.82, 2.24) is 51.0 Å². The number of benzene rings is 2. The van der Waals surface area contributed by atoms with Gasteiger partial charge in [-0.25, -0.2) is 4.68 Å². The average molecular weight is 1680 g/mol. The SMILES string of the molecule is C#CC#CC#CC.CCn1nnnc1Sc1c([N+](=O)[O-])cc(C(=O)NCCC(=O)O)cc1[N+](=O)[O-].CCn1nnnc1[S-].I[I-]I(I)I.O=C(O)CCNC(=O)c1cc([N+](=O)[O-])c(Cl)c([N+](=O)[O-])c1.[NH3+]C1CCCCC1. The first-order valence-electron chi connectivity index (χ1n) is 20.9. The number of tetrazole rings is 2. The molecular formula is C39H44ClI5N15O14S2-. The summed E-state index contributed by atoms with van der Waals surface area (Å²) in [5, 5.41) is 86.9. The number of rotatable bonds is 17. The van der Waals surface area contributed by atoms with Gasteiger partial charge >= 0.3 is 88.9 Å². The molecule has 29 nitrogen and oxygen atoms in total. The summed E-state index contributed by atoms with van der Waals surface area (Å²) >= 11 is 19.2. The Morgan fingerprint density at radius 3 is 1.55 bits per heavy atom. The third kappa shape index (κ3) is 29.1. The minimum Gasteiger partial charge on any atom is -0.481 e. The number of nitrogens with zero attached hydrogens (tertiary/aromatic N) is 12. The normalized spacial score (nSPS) is 11.1. The predicted molar refractivity (Wildman–Crippen MR) is 306 cm³/mol. The Labute approximate surface area is 489 Å². The Morgan fingerprint density at radius 2 is 1.24 bits per heavy atom. The first kappa shape index (κ1) is 71.2. The van der Waals surface area contributed by atoms with Gasteiger partial charge in [0, 0.05) is 55.6 Å². The molecule has 2 aromatic carbocycles. The van der Waals surface area contributed by atoms with Gasteiger partial charge in [0.1, 0.15) is 0 Å². The van der Waals surface area contributed by atoms with Crippen LogP contribution in [-0.2, 0) is 35.3 Å². The van der Waals surface area contributed by atoms with Crippen molar-refractivity contribution in [3.05, 3.63) is 80.9 Å². The van der Waals surface area contributed by atoms with Gasteiger partial charge in [-0.3, -0.25) is 64.3 Å². The van der Waals surface area contributed by atoms with E-state index in [-0.39, 0.29) is 55.0 Å². The van der Waals surface area contributed by atoms with E-state index in [0.29, 0.717) is 36.7 Å². The number of nitrogens with one attached hydrogen (secondary N) is 2. The summed E-state index contributed by atoms with van der Waals surface area (Å²) in [6.07, 6.45) is 11.1. The fourth-order valence-corrected chi connectivity index (χ4v) is 6.59. The number of terminal acetylenes is 1. The van der Waals surface area contributed by atoms with Crippen LogP contribution in [0.3, 0.4) is 0 Å². The van der Waals surface area contributed by atoms with Crippen LogP contribution in [0.5, 0.6) is 0 Å². The summed E-state index contributed by atoms with van der Waals surface area (Å²) in [4.78, 5) is 85.1. The van der Waals surface area contributed by atoms with Gasteiger partial charge < -0.3 is 39.2 Å². The second-order valence-corrected chi connectivity index (χ2v) is 80.3. The zero-order valence-corrected chi connectivity index (χ0v) is 52.9. The first-order valence-corrected chi connectivity index (χ1v) is 47.6. The Bertz CT molecular complexity index is 2750. The number of carbonyl (C=O) groups excluding carboxylic acids is 2. The van der Waals surface area contributed by atoms with Crippen LogP contribution in [0, 0.1) is 76.5 Å². The number of amides is 2. The van der Waals surface area contributed by atoms with Crippen molar-refractivity contribution < 1.29 is 68.1 Å². The van der Waals surface area contributed by atoms with Crippen LogP contribution in [0.2, 0.25) is 5.02 Å². The van der Waals surface area contributed by atoms with Gasteiger partial charge in [-0.15, -0.1) is 16.6 Å². The summed E-state index contributed by atoms with van der Waals surface area (Å²) in [5.41, 5.74) is 0.383. The van der Waals surface area contributed by atoms with E-state index in [2.05, 4.69) is 133 Å². The van der Waals surface area contributed by atoms with E-state index < -0.39 is 71.2 Å². The summed E-state index contributed by atoms with van der Waals surface area (Å²) in [5.74, 6) is 7.96. The monoisotopic (exact) mass is 1680 g/mol. The van der Waals surface area contributed by atoms with E-state index >= 15 is 0 Å². The van der Waals surface area contributed by atoms with Gasteiger partial charge in [0.25, 0.3) is 34.6 Å². The molecule has 2 amide bonds. The van der Waals surface area contributed by atoms with Crippen LogP contribution in [0.15, 0.2) is 39.5 Å². The maximum atomic E-state index is 12.1. The third-order valence-electron chi connectivity index (χ3n) is 8.52. The van der Waals surface area contributed by atoms with E-state index in [1.165, 1.54) is 36.8 Å². The summed E-state index contributed by atoms with van der Waals surface area (Å²) in [6.45, 7) is 5.98. The van der Waals surface area contributed by atoms with Crippen LogP contribution >= 0.6 is 87.1 Å². The molecule has 1 saturated carbocycles. The second-order valence-electron chi connectivity index (χ2n) is 13.6. The van der Waals surface area contributed by atoms with E-state index in [1.807, 2.05) is 6.92 Å². The number of carboxylic acid groups (broad SMARTS) is 2. The molecule has 0 unspecified atom stereocenters. The van der Waals surface area contributed by atoms with Crippen molar-refractivity contribution in [3.8, 4) is 36.0 Å². The van der Waals surface area contributed by atoms with Gasteiger partial charge in [-0.1, -0.05) is 23.9 Å². The molecule has 0 aliphatic heterocycles. The van der Waals surface area contributed by atoms with Gasteiger partial charge in [-0.05, 0) is 103 Å². The molecule has 37 heteroatoms. The van der Waals surface area contributed by atoms with E-state index in [1.54, 1.807) is 18.5 Å². The van der Waals surface area contributed by atoms with Crippen molar-refractivity contribution in [2.24, 2.45) is 0 Å². The van der Waals surface area contributed by atoms with Gasteiger partial charge in [0.15, 0.2) is 9.92 Å². The predicted octanol–water partition coefficient (Wildman–Crippen LogP) is 3.58. The van der Waals surface area contributed by atoms with Crippen molar-refractivity contribution >= 4 is 146 Å². The molecule has 0 saturated heterocycles. The number of carbonyl (C=O) groups is 4. The topological polar surface area (TPSA) is 420 Å². The van der Waals surface area contributed by atoms with Crippen molar-refractivity contribution in [1.29, 1.82) is 0 Å². The first-order chi connectivity index (χ1) is 35.9. The number of nitro benzene ring substituents is 4. The molecule has 2 heterocycles. The molecule has 5 rings (SSSR count). The molecule has 2 aromatic heterocycles. The minimum absolute atomic E-state index is 0.104. The number of halogens is 6. The molecule has 1 fully saturated rings. The molecule has 1 aliphatic rings. The largest absolute Gasteiger partial charge is 0.481 e. The minimum atomic E-state index is -1.15. The van der Waals surface area contributed by atoms with E-state index in [0.717, 1.165) is 36.9 Å². The maximum Gasteiger partial charge on any atom is 0.305 e. The molecular weight excluding hydrogens is 1640 g/mol. The summed E-state index contributed by atoms with van der Waals surface area (Å²) in [7, 11) is -0.245. The number of hydrogen-bond acceptors (Lipinski definition) is 20. The Hall–Kier alpha value is -4.79. The van der Waals surface area contributed by atoms with Crippen molar-refractivity contribution in [3.63, 3.8) is 0 Å². The zero-order valence-electron chi connectivity index (χ0n) is 39.7. The second kappa shape index (κ2) is 40.4. The van der Waals surface area contributed by atoms with Crippen LogP contribution in [0.1, 0.15) is 86.4 Å². The number of carboxylic acids is 2. The molecule has 7 N–H and O–H groups in total. The molecule has 0 atom stereocenters. The van der Waals surface area contributed by atoms with Gasteiger partial charge in [-0.2, -0.15) is 0 Å². The van der Waals surface area contributed by atoms with Crippen LogP contribution in [0.25, 0.3) is 0 Å². The summed E-state index contributed by atoms with van der Waals surface area (Å²) < 4.78 is 2.85. The molecule has 1 aliphatic carbocycles. The molecule has 4 aromatic rings. The quantitative estimate of drug-likeness (QED) is 0.0331. The molecule has 0 spiro atoms. The van der Waals surface area contributed by atoms with Crippen LogP contribution < -0.4 is 29.6 Å². The fraction of sp³-hybridized carbons (Fsp3) is 0.385. The van der Waals surface area contributed by atoms with Gasteiger partial charge in [0.05, 0.1) is 49.7 Å². The smallest absolute Gasteiger partial charge is 0.305 e. The van der Waals surface area contributed by atoms with Crippen LogP contribution in [0.4, 0.5) is 22.7 Å². The Kier molecular flexibility index (Phi) is 37.9. The average Bonchev–Trinajstić information content (AvgIpc) is 4.02. The Balaban J connectivity index is 0.00000101. The number of quaternary nitrogens is 1. The maximum absolute atomic E-state index is 12.1. The van der Waals surface area contributed by atoms with Crippen molar-refractivity contribution in [2.45, 2.75) is 100 Å². The zero-order chi connectivity index (χ0) is 57.9. The van der Waals surface area contributed by atoms with E-state index in [9.17, 15) is 59.6 Å². The molecule has 414 valence electrons. The van der Waals surface area contributed by atoms with Crippen molar-refractivity contribution in [2.75, 3.05) is 13.1 Å². The fourth-order valence-electron chi connectivity index (χ4n) is 5.14. The molecule has 0 bridgehead atoms. The standard InChI is InChI=1S/C13H13N7O7S.C10H8ClN3O7.C7H4.C6H13N.C3H6N4S.I5/c1-2-18-13(15-16-17-18)28-11-8(19(24)25)5-7(6-9(11)20(26)27)12(23)14-4-3-10(21)22;11-9-6(13(18)19)3-5(4-7(9)14(20)21)10(17)12-2-1-8(15)16;1-3-5-7-6-4-2;7-6-4-2-1-3-5-6;1-2-7-3(8)4-5-6-7;1-4-5(2)3/h5-6H,2-4H2,1H3,(H,14,23)(H,21,22);3-4H,1-2H2,(H,12,17)(H,15,16);1H,2H3;6H,1-5,7H2;2H2,1H3,(H,4,6,8);/q;;;;;-1. The third-order valence-corrected chi connectivity index (χ3v) is 92.9.